The van der Waals surface area contributed by atoms with Crippen molar-refractivity contribution in [1.82, 2.24) is 19.5 Å². The quantitative estimate of drug-likeness (QED) is 0.790. The molecule has 4 rings (SSSR count). The van der Waals surface area contributed by atoms with Gasteiger partial charge in [0.05, 0.1) is 19.0 Å². The van der Waals surface area contributed by atoms with Crippen LogP contribution in [-0.4, -0.2) is 37.3 Å². The molecule has 1 aromatic carbocycles. The van der Waals surface area contributed by atoms with E-state index in [0.29, 0.717) is 5.92 Å². The van der Waals surface area contributed by atoms with Crippen molar-refractivity contribution in [3.63, 3.8) is 0 Å². The highest BCUT2D eigenvalue weighted by Crippen LogP contribution is 2.32. The lowest BCUT2D eigenvalue weighted by Gasteiger charge is -2.14. The Kier molecular flexibility index (Phi) is 4.23. The molecule has 0 bridgehead atoms. The van der Waals surface area contributed by atoms with Gasteiger partial charge in [-0.2, -0.15) is 0 Å². The van der Waals surface area contributed by atoms with Crippen molar-refractivity contribution in [1.29, 1.82) is 0 Å². The molecule has 3 heterocycles. The maximum atomic E-state index is 9.28. The summed E-state index contributed by atoms with van der Waals surface area (Å²) in [5.41, 5.74) is 4.70. The van der Waals surface area contributed by atoms with E-state index in [2.05, 4.69) is 53.1 Å². The molecule has 2 atom stereocenters. The molecule has 1 N–H and O–H groups in total. The number of aromatic nitrogens is 4. The zero-order valence-corrected chi connectivity index (χ0v) is 14.5. The molecule has 3 aromatic rings. The number of nitrogens with zero attached hydrogens (tertiary/aromatic N) is 4. The van der Waals surface area contributed by atoms with E-state index < -0.39 is 0 Å². The van der Waals surface area contributed by atoms with E-state index in [1.165, 1.54) is 5.56 Å². The van der Waals surface area contributed by atoms with Gasteiger partial charge in [-0.25, -0.2) is 15.0 Å². The first kappa shape index (κ1) is 16.2. The number of ether oxygens (including phenoxy) is 1. The van der Waals surface area contributed by atoms with Crippen LogP contribution in [0.15, 0.2) is 36.9 Å². The van der Waals surface area contributed by atoms with Gasteiger partial charge in [0.2, 0.25) is 0 Å². The van der Waals surface area contributed by atoms with Crippen molar-refractivity contribution in [2.24, 2.45) is 0 Å². The summed E-state index contributed by atoms with van der Waals surface area (Å²) >= 11 is 0. The lowest BCUT2D eigenvalue weighted by molar-refractivity contribution is -0.0207. The van der Waals surface area contributed by atoms with Crippen molar-refractivity contribution >= 4 is 11.2 Å². The van der Waals surface area contributed by atoms with Gasteiger partial charge in [-0.3, -0.25) is 4.57 Å². The number of aliphatic hydroxyl groups is 1. The fourth-order valence-corrected chi connectivity index (χ4v) is 3.34. The van der Waals surface area contributed by atoms with Crippen LogP contribution >= 0.6 is 0 Å². The highest BCUT2D eigenvalue weighted by molar-refractivity contribution is 5.87. The van der Waals surface area contributed by atoms with Crippen LogP contribution in [0.3, 0.4) is 0 Å². The van der Waals surface area contributed by atoms with Gasteiger partial charge in [-0.15, -0.1) is 0 Å². The number of hydrogen-bond acceptors (Lipinski definition) is 5. The number of imidazole rings is 1. The number of fused-ring (bicyclic) bond motifs is 1. The van der Waals surface area contributed by atoms with Gasteiger partial charge in [0, 0.05) is 5.56 Å². The van der Waals surface area contributed by atoms with Gasteiger partial charge in [0.1, 0.15) is 23.8 Å². The van der Waals surface area contributed by atoms with Gasteiger partial charge in [-0.1, -0.05) is 32.0 Å². The molecule has 1 aliphatic heterocycles. The third-order valence-corrected chi connectivity index (χ3v) is 4.78. The molecular formula is C19H22N4O2. The Bertz CT molecular complexity index is 890. The molecule has 0 radical (unpaired) electrons. The van der Waals surface area contributed by atoms with Crippen LogP contribution in [0.2, 0.25) is 0 Å². The fourth-order valence-electron chi connectivity index (χ4n) is 3.34. The topological polar surface area (TPSA) is 73.1 Å². The Morgan fingerprint density at radius 2 is 2.12 bits per heavy atom. The Labute approximate surface area is 146 Å². The second-order valence-corrected chi connectivity index (χ2v) is 6.80. The van der Waals surface area contributed by atoms with Crippen LogP contribution in [-0.2, 0) is 4.74 Å². The first-order valence-corrected chi connectivity index (χ1v) is 8.71. The normalized spacial score (nSPS) is 20.6. The molecular weight excluding hydrogens is 316 g/mol. The highest BCUT2D eigenvalue weighted by Gasteiger charge is 2.27. The average Bonchev–Trinajstić information content (AvgIpc) is 3.27. The van der Waals surface area contributed by atoms with E-state index >= 15 is 0 Å². The minimum absolute atomic E-state index is 0.0470. The predicted molar refractivity (Wildman–Crippen MR) is 95.1 cm³/mol. The third kappa shape index (κ3) is 2.92. The smallest absolute Gasteiger partial charge is 0.165 e. The number of rotatable bonds is 4. The standard InChI is InChI=1S/C19H22N4O2/c1-12(2)13-4-3-5-14(8-13)17-18-19(21-10-20-17)23(11-22-18)16-7-6-15(9-24)25-16/h3-5,8,10-12,15-16,24H,6-7,9H2,1-2H3. The summed E-state index contributed by atoms with van der Waals surface area (Å²) in [4.78, 5) is 13.5. The molecule has 0 amide bonds. The molecule has 0 spiro atoms. The lowest BCUT2D eigenvalue weighted by Crippen LogP contribution is -2.14. The van der Waals surface area contributed by atoms with Crippen LogP contribution in [0.25, 0.3) is 22.4 Å². The van der Waals surface area contributed by atoms with Gasteiger partial charge in [0.25, 0.3) is 0 Å². The van der Waals surface area contributed by atoms with Crippen molar-refractivity contribution < 1.29 is 9.84 Å². The summed E-state index contributed by atoms with van der Waals surface area (Å²) in [6, 6.07) is 8.41. The van der Waals surface area contributed by atoms with Crippen LogP contribution < -0.4 is 0 Å². The molecule has 1 saturated heterocycles. The van der Waals surface area contributed by atoms with Crippen LogP contribution in [0, 0.1) is 0 Å². The molecule has 1 aliphatic rings. The summed E-state index contributed by atoms with van der Waals surface area (Å²) in [6.07, 6.45) is 4.79. The molecule has 1 fully saturated rings. The molecule has 25 heavy (non-hydrogen) atoms. The number of aliphatic hydroxyl groups excluding tert-OH is 1. The second-order valence-electron chi connectivity index (χ2n) is 6.80. The van der Waals surface area contributed by atoms with Crippen LogP contribution in [0.5, 0.6) is 0 Å². The summed E-state index contributed by atoms with van der Waals surface area (Å²) in [6.45, 7) is 4.40. The Morgan fingerprint density at radius 3 is 2.88 bits per heavy atom. The van der Waals surface area contributed by atoms with Crippen molar-refractivity contribution in [3.8, 4) is 11.3 Å². The Morgan fingerprint density at radius 1 is 1.24 bits per heavy atom. The number of benzene rings is 1. The minimum Gasteiger partial charge on any atom is -0.394 e. The van der Waals surface area contributed by atoms with E-state index in [0.717, 1.165) is 35.3 Å². The first-order valence-electron chi connectivity index (χ1n) is 8.71. The van der Waals surface area contributed by atoms with E-state index in [4.69, 9.17) is 4.74 Å². The van der Waals surface area contributed by atoms with Gasteiger partial charge < -0.3 is 9.84 Å². The van der Waals surface area contributed by atoms with E-state index in [9.17, 15) is 5.11 Å². The molecule has 6 nitrogen and oxygen atoms in total. The zero-order valence-electron chi connectivity index (χ0n) is 14.5. The third-order valence-electron chi connectivity index (χ3n) is 4.78. The van der Waals surface area contributed by atoms with Crippen LogP contribution in [0.4, 0.5) is 0 Å². The van der Waals surface area contributed by atoms with Crippen LogP contribution in [0.1, 0.15) is 44.4 Å². The van der Waals surface area contributed by atoms with Gasteiger partial charge in [-0.05, 0) is 30.4 Å². The van der Waals surface area contributed by atoms with E-state index in [1.54, 1.807) is 12.7 Å². The first-order chi connectivity index (χ1) is 12.2. The highest BCUT2D eigenvalue weighted by atomic mass is 16.5. The minimum atomic E-state index is -0.133. The van der Waals surface area contributed by atoms with E-state index in [-0.39, 0.29) is 18.9 Å². The molecule has 2 aromatic heterocycles. The maximum absolute atomic E-state index is 9.28. The van der Waals surface area contributed by atoms with Crippen molar-refractivity contribution in [2.45, 2.75) is 44.9 Å². The maximum Gasteiger partial charge on any atom is 0.165 e. The zero-order chi connectivity index (χ0) is 17.4. The summed E-state index contributed by atoms with van der Waals surface area (Å²) < 4.78 is 7.82. The summed E-state index contributed by atoms with van der Waals surface area (Å²) in [7, 11) is 0. The van der Waals surface area contributed by atoms with Gasteiger partial charge in [0.15, 0.2) is 5.65 Å². The molecule has 6 heteroatoms. The molecule has 130 valence electrons. The van der Waals surface area contributed by atoms with Crippen molar-refractivity contribution in [2.75, 3.05) is 6.61 Å². The van der Waals surface area contributed by atoms with Crippen molar-refractivity contribution in [3.05, 3.63) is 42.5 Å². The van der Waals surface area contributed by atoms with Gasteiger partial charge >= 0.3 is 0 Å². The predicted octanol–water partition coefficient (Wildman–Crippen LogP) is 3.29. The Hall–Kier alpha value is -2.31. The SMILES string of the molecule is CC(C)c1cccc(-c2ncnc3c2ncn3C2CCC(CO)O2)c1. The Balaban J connectivity index is 1.76. The second kappa shape index (κ2) is 6.54. The average molecular weight is 338 g/mol. The lowest BCUT2D eigenvalue weighted by atomic mass is 9.99. The summed E-state index contributed by atoms with van der Waals surface area (Å²) in [5, 5.41) is 9.28. The monoisotopic (exact) mass is 338 g/mol. The summed E-state index contributed by atoms with van der Waals surface area (Å²) in [5.74, 6) is 0.456. The number of hydrogen-bond donors (Lipinski definition) is 1. The largest absolute Gasteiger partial charge is 0.394 e. The fraction of sp³-hybridized carbons (Fsp3) is 0.421. The molecule has 2 unspecified atom stereocenters. The molecule has 0 saturated carbocycles. The van der Waals surface area contributed by atoms with E-state index in [1.807, 2.05) is 4.57 Å². The molecule has 0 aliphatic carbocycles.